The summed E-state index contributed by atoms with van der Waals surface area (Å²) in [4.78, 5) is 30.6. The van der Waals surface area contributed by atoms with Crippen LogP contribution in [-0.4, -0.2) is 29.4 Å². The molecule has 106 valence electrons. The van der Waals surface area contributed by atoms with Gasteiger partial charge < -0.3 is 20.2 Å². The summed E-state index contributed by atoms with van der Waals surface area (Å²) in [7, 11) is 0. The molecule has 0 bridgehead atoms. The van der Waals surface area contributed by atoms with Gasteiger partial charge in [0, 0.05) is 0 Å². The summed E-state index contributed by atoms with van der Waals surface area (Å²) in [6.45, 7) is 2.05. The first kappa shape index (κ1) is 14.0. The summed E-state index contributed by atoms with van der Waals surface area (Å²) in [5, 5.41) is 20.7. The minimum Gasteiger partial charge on any atom is -0.358 e. The fourth-order valence-electron chi connectivity index (χ4n) is 1.75. The summed E-state index contributed by atoms with van der Waals surface area (Å²) in [6, 6.07) is 0. The molecule has 0 radical (unpaired) electrons. The Bertz CT molecular complexity index is 665. The first-order valence-electron chi connectivity index (χ1n) is 5.52. The second kappa shape index (κ2) is 5.28. The minimum absolute atomic E-state index is 0.164. The lowest BCUT2D eigenvalue weighted by atomic mass is 10.3. The van der Waals surface area contributed by atoms with E-state index in [1.807, 2.05) is 0 Å². The van der Waals surface area contributed by atoms with Crippen molar-refractivity contribution < 1.29 is 9.85 Å². The summed E-state index contributed by atoms with van der Waals surface area (Å²) in [5.41, 5.74) is 0. The Labute approximate surface area is 117 Å². The molecular weight excluding hydrogens is 288 g/mol. The zero-order valence-corrected chi connectivity index (χ0v) is 11.1. The van der Waals surface area contributed by atoms with Gasteiger partial charge >= 0.3 is 11.6 Å². The van der Waals surface area contributed by atoms with Crippen LogP contribution in [0.3, 0.4) is 0 Å². The Morgan fingerprint density at radius 1 is 1.35 bits per heavy atom. The number of aromatic amines is 1. The molecule has 2 heterocycles. The highest BCUT2D eigenvalue weighted by Gasteiger charge is 2.29. The zero-order chi connectivity index (χ0) is 14.9. The quantitative estimate of drug-likeness (QED) is 0.487. The van der Waals surface area contributed by atoms with Gasteiger partial charge in [0.05, 0.1) is 6.54 Å². The lowest BCUT2D eigenvalue weighted by molar-refractivity contribution is -0.392. The maximum absolute atomic E-state index is 10.9. The molecule has 1 unspecified atom stereocenters. The number of rotatable bonds is 5. The van der Waals surface area contributed by atoms with E-state index in [2.05, 4.69) is 27.6 Å². The van der Waals surface area contributed by atoms with E-state index in [9.17, 15) is 20.2 Å². The van der Waals surface area contributed by atoms with Crippen molar-refractivity contribution in [3.8, 4) is 0 Å². The van der Waals surface area contributed by atoms with E-state index in [0.29, 0.717) is 12.4 Å². The van der Waals surface area contributed by atoms with Gasteiger partial charge in [0.1, 0.15) is 12.4 Å². The Kier molecular flexibility index (Phi) is 3.70. The standard InChI is InChI=1S/C9H10N6O4S/c1-2-13-6(15(18)19)4-11-9(13)7(20)8-10-3-5(12-8)14(16)17/h3-4,7,20H,2H2,1H3,(H,10,12). The minimum atomic E-state index is -0.725. The molecule has 0 fully saturated rings. The monoisotopic (exact) mass is 298 g/mol. The molecule has 0 aliphatic rings. The maximum Gasteiger partial charge on any atom is 0.342 e. The fourth-order valence-corrected chi connectivity index (χ4v) is 2.09. The molecule has 0 amide bonds. The average molecular weight is 298 g/mol. The zero-order valence-electron chi connectivity index (χ0n) is 10.3. The van der Waals surface area contributed by atoms with E-state index in [4.69, 9.17) is 0 Å². The number of H-pyrrole nitrogens is 1. The second-order valence-corrected chi connectivity index (χ2v) is 4.31. The molecule has 0 saturated heterocycles. The smallest absolute Gasteiger partial charge is 0.342 e. The molecule has 11 heteroatoms. The van der Waals surface area contributed by atoms with Gasteiger partial charge in [-0.1, -0.05) is 0 Å². The summed E-state index contributed by atoms with van der Waals surface area (Å²) in [5.74, 6) is 0.0628. The van der Waals surface area contributed by atoms with Crippen molar-refractivity contribution in [2.45, 2.75) is 18.7 Å². The molecule has 1 atom stereocenters. The van der Waals surface area contributed by atoms with Crippen molar-refractivity contribution in [3.63, 3.8) is 0 Å². The molecule has 20 heavy (non-hydrogen) atoms. The van der Waals surface area contributed by atoms with Crippen LogP contribution in [0.25, 0.3) is 0 Å². The molecule has 0 aliphatic carbocycles. The second-order valence-electron chi connectivity index (χ2n) is 3.79. The first-order valence-corrected chi connectivity index (χ1v) is 6.04. The van der Waals surface area contributed by atoms with E-state index in [0.717, 1.165) is 12.4 Å². The number of hydrogen-bond donors (Lipinski definition) is 2. The number of thiol groups is 1. The number of nitrogens with zero attached hydrogens (tertiary/aromatic N) is 5. The van der Waals surface area contributed by atoms with Crippen LogP contribution in [0.5, 0.6) is 0 Å². The first-order chi connectivity index (χ1) is 9.45. The molecule has 10 nitrogen and oxygen atoms in total. The molecule has 2 aromatic rings. The van der Waals surface area contributed by atoms with Crippen molar-refractivity contribution in [1.29, 1.82) is 0 Å². The molecule has 0 spiro atoms. The Hall–Kier alpha value is -2.43. The van der Waals surface area contributed by atoms with Crippen molar-refractivity contribution in [2.24, 2.45) is 0 Å². The van der Waals surface area contributed by atoms with Gasteiger partial charge in [-0.25, -0.2) is 19.5 Å². The van der Waals surface area contributed by atoms with Crippen LogP contribution >= 0.6 is 12.6 Å². The lowest BCUT2D eigenvalue weighted by Crippen LogP contribution is -2.09. The molecule has 0 saturated carbocycles. The van der Waals surface area contributed by atoms with Gasteiger partial charge in [-0.3, -0.25) is 0 Å². The van der Waals surface area contributed by atoms with Crippen LogP contribution in [0.15, 0.2) is 12.4 Å². The molecule has 2 aromatic heterocycles. The van der Waals surface area contributed by atoms with Gasteiger partial charge in [-0.05, 0) is 16.8 Å². The van der Waals surface area contributed by atoms with E-state index in [1.165, 1.54) is 4.57 Å². The van der Waals surface area contributed by atoms with E-state index >= 15 is 0 Å². The van der Waals surface area contributed by atoms with Crippen molar-refractivity contribution >= 4 is 24.3 Å². The van der Waals surface area contributed by atoms with Crippen LogP contribution in [0, 0.1) is 20.2 Å². The summed E-state index contributed by atoms with van der Waals surface area (Å²) in [6.07, 6.45) is 2.19. The maximum atomic E-state index is 10.9. The summed E-state index contributed by atoms with van der Waals surface area (Å²) >= 11 is 4.27. The van der Waals surface area contributed by atoms with Gasteiger partial charge in [0.15, 0.2) is 5.25 Å². The van der Waals surface area contributed by atoms with Crippen LogP contribution in [0.2, 0.25) is 0 Å². The van der Waals surface area contributed by atoms with Crippen LogP contribution < -0.4 is 0 Å². The van der Waals surface area contributed by atoms with Crippen LogP contribution in [-0.2, 0) is 6.54 Å². The van der Waals surface area contributed by atoms with Gasteiger partial charge in [-0.15, -0.1) is 0 Å². The predicted octanol–water partition coefficient (Wildman–Crippen LogP) is 1.46. The molecule has 1 N–H and O–H groups in total. The third-order valence-corrected chi connectivity index (χ3v) is 3.13. The highest BCUT2D eigenvalue weighted by molar-refractivity contribution is 7.80. The molecule has 0 aliphatic heterocycles. The van der Waals surface area contributed by atoms with Crippen molar-refractivity contribution in [2.75, 3.05) is 0 Å². The number of nitro groups is 2. The van der Waals surface area contributed by atoms with Crippen LogP contribution in [0.4, 0.5) is 11.6 Å². The van der Waals surface area contributed by atoms with E-state index in [1.54, 1.807) is 6.92 Å². The van der Waals surface area contributed by atoms with Crippen LogP contribution in [0.1, 0.15) is 23.8 Å². The van der Waals surface area contributed by atoms with Gasteiger partial charge in [0.25, 0.3) is 0 Å². The highest BCUT2D eigenvalue weighted by atomic mass is 32.1. The van der Waals surface area contributed by atoms with Gasteiger partial charge in [0.2, 0.25) is 11.6 Å². The number of aromatic nitrogens is 4. The Balaban J connectivity index is 2.39. The predicted molar refractivity (Wildman–Crippen MR) is 70.6 cm³/mol. The number of hydrogen-bond acceptors (Lipinski definition) is 7. The molecular formula is C9H10N6O4S. The van der Waals surface area contributed by atoms with E-state index in [-0.39, 0.29) is 17.5 Å². The normalized spacial score (nSPS) is 12.3. The number of nitrogens with one attached hydrogen (secondary N) is 1. The SMILES string of the molecule is CCn1c([N+](=O)[O-])cnc1C(S)c1ncc([N+](=O)[O-])[nH]1. The third-order valence-electron chi connectivity index (χ3n) is 2.65. The fraction of sp³-hybridized carbons (Fsp3) is 0.333. The van der Waals surface area contributed by atoms with Crippen molar-refractivity contribution in [3.05, 3.63) is 44.3 Å². The Morgan fingerprint density at radius 3 is 2.55 bits per heavy atom. The van der Waals surface area contributed by atoms with Crippen molar-refractivity contribution in [1.82, 2.24) is 19.5 Å². The topological polar surface area (TPSA) is 133 Å². The molecule has 2 rings (SSSR count). The number of imidazole rings is 2. The third kappa shape index (κ3) is 2.34. The summed E-state index contributed by atoms with van der Waals surface area (Å²) < 4.78 is 1.37. The van der Waals surface area contributed by atoms with Gasteiger partial charge in [-0.2, -0.15) is 12.6 Å². The Morgan fingerprint density at radius 2 is 2.05 bits per heavy atom. The van der Waals surface area contributed by atoms with E-state index < -0.39 is 15.1 Å². The molecule has 0 aromatic carbocycles. The lowest BCUT2D eigenvalue weighted by Gasteiger charge is -2.04. The highest BCUT2D eigenvalue weighted by Crippen LogP contribution is 2.29. The average Bonchev–Trinajstić information content (AvgIpc) is 3.04. The largest absolute Gasteiger partial charge is 0.358 e.